The van der Waals surface area contributed by atoms with Crippen LogP contribution in [0.15, 0.2) is 102 Å². The van der Waals surface area contributed by atoms with E-state index in [0.717, 1.165) is 41.6 Å². The molecule has 3 aliphatic rings. The summed E-state index contributed by atoms with van der Waals surface area (Å²) in [5.41, 5.74) is 8.47. The van der Waals surface area contributed by atoms with Crippen LogP contribution in [0.4, 0.5) is 0 Å². The van der Waals surface area contributed by atoms with Crippen LogP contribution in [0, 0.1) is 0 Å². The summed E-state index contributed by atoms with van der Waals surface area (Å²) in [7, 11) is 0. The average molecular weight is 523 g/mol. The summed E-state index contributed by atoms with van der Waals surface area (Å²) in [4.78, 5) is 0. The van der Waals surface area contributed by atoms with E-state index in [9.17, 15) is 0 Å². The van der Waals surface area contributed by atoms with Crippen LogP contribution in [-0.2, 0) is 0 Å². The molecule has 2 heterocycles. The van der Waals surface area contributed by atoms with Crippen molar-refractivity contribution < 1.29 is 4.74 Å². The number of halogens is 1. The molecule has 0 aromatic heterocycles. The number of benzene rings is 4. The molecule has 35 heavy (non-hydrogen) atoms. The van der Waals surface area contributed by atoms with Crippen molar-refractivity contribution in [2.24, 2.45) is 0 Å². The Balaban J connectivity index is 1.25. The van der Waals surface area contributed by atoms with Gasteiger partial charge in [-0.15, -0.1) is 0 Å². The Hall–Kier alpha value is -3.08. The van der Waals surface area contributed by atoms with E-state index in [0.29, 0.717) is 5.92 Å². The third-order valence-corrected chi connectivity index (χ3v) is 8.46. The molecule has 1 atom stereocenters. The third-order valence-electron chi connectivity index (χ3n) is 7.97. The number of fused-ring (bicyclic) bond motifs is 5. The SMILES string of the molecule is Brc1ccc2c(c1)[C@H]1C=C(c3ccc4ccccc4c3)NN1C1(CCC(c3ccccc3)CC1)O2. The number of nitrogens with zero attached hydrogens (tertiary/aromatic N) is 1. The Morgan fingerprint density at radius 1 is 0.829 bits per heavy atom. The molecule has 174 valence electrons. The fourth-order valence-corrected chi connectivity index (χ4v) is 6.52. The third kappa shape index (κ3) is 3.59. The highest BCUT2D eigenvalue weighted by Crippen LogP contribution is 2.52. The van der Waals surface area contributed by atoms with Gasteiger partial charge in [-0.1, -0.05) is 82.7 Å². The van der Waals surface area contributed by atoms with Crippen molar-refractivity contribution in [3.63, 3.8) is 0 Å². The zero-order valence-corrected chi connectivity index (χ0v) is 21.0. The zero-order valence-electron chi connectivity index (χ0n) is 19.5. The fraction of sp³-hybridized carbons (Fsp3) is 0.226. The van der Waals surface area contributed by atoms with Crippen molar-refractivity contribution in [3.8, 4) is 5.75 Å². The van der Waals surface area contributed by atoms with E-state index < -0.39 is 0 Å². The lowest BCUT2D eigenvalue weighted by atomic mass is 9.78. The summed E-state index contributed by atoms with van der Waals surface area (Å²) in [5.74, 6) is 1.59. The highest BCUT2D eigenvalue weighted by atomic mass is 79.9. The van der Waals surface area contributed by atoms with Crippen molar-refractivity contribution >= 4 is 32.4 Å². The number of rotatable bonds is 2. The second-order valence-electron chi connectivity index (χ2n) is 9.98. The molecule has 4 aromatic rings. The highest BCUT2D eigenvalue weighted by Gasteiger charge is 2.51. The van der Waals surface area contributed by atoms with Gasteiger partial charge in [0.2, 0.25) is 0 Å². The lowest BCUT2D eigenvalue weighted by Crippen LogP contribution is -2.60. The van der Waals surface area contributed by atoms with Crippen LogP contribution in [-0.4, -0.2) is 10.7 Å². The molecule has 0 amide bonds. The molecular weight excluding hydrogens is 496 g/mol. The first-order valence-corrected chi connectivity index (χ1v) is 13.3. The molecule has 2 aliphatic heterocycles. The molecule has 0 unspecified atom stereocenters. The fourth-order valence-electron chi connectivity index (χ4n) is 6.14. The van der Waals surface area contributed by atoms with Crippen LogP contribution in [0.2, 0.25) is 0 Å². The molecule has 1 aliphatic carbocycles. The van der Waals surface area contributed by atoms with Crippen LogP contribution < -0.4 is 10.2 Å². The average Bonchev–Trinajstić information content (AvgIpc) is 3.37. The van der Waals surface area contributed by atoms with Gasteiger partial charge < -0.3 is 10.2 Å². The van der Waals surface area contributed by atoms with Crippen molar-refractivity contribution in [2.75, 3.05) is 0 Å². The lowest BCUT2D eigenvalue weighted by molar-refractivity contribution is -0.152. The van der Waals surface area contributed by atoms with Crippen LogP contribution in [0.5, 0.6) is 5.75 Å². The minimum absolute atomic E-state index is 0.131. The predicted molar refractivity (Wildman–Crippen MR) is 145 cm³/mol. The van der Waals surface area contributed by atoms with Crippen LogP contribution >= 0.6 is 15.9 Å². The molecule has 1 spiro atoms. The molecule has 0 bridgehead atoms. The Labute approximate surface area is 214 Å². The first-order valence-electron chi connectivity index (χ1n) is 12.5. The first-order chi connectivity index (χ1) is 17.2. The topological polar surface area (TPSA) is 24.5 Å². The van der Waals surface area contributed by atoms with Crippen molar-refractivity contribution in [2.45, 2.75) is 43.4 Å². The van der Waals surface area contributed by atoms with E-state index in [1.807, 2.05) is 0 Å². The van der Waals surface area contributed by atoms with E-state index in [2.05, 4.69) is 123 Å². The molecule has 1 saturated carbocycles. The van der Waals surface area contributed by atoms with Gasteiger partial charge in [0.15, 0.2) is 5.72 Å². The summed E-state index contributed by atoms with van der Waals surface area (Å²) in [6.45, 7) is 0. The van der Waals surface area contributed by atoms with E-state index in [4.69, 9.17) is 4.74 Å². The second kappa shape index (κ2) is 8.25. The van der Waals surface area contributed by atoms with E-state index in [-0.39, 0.29) is 11.8 Å². The Kier molecular flexibility index (Phi) is 5.00. The van der Waals surface area contributed by atoms with Crippen LogP contribution in [0.1, 0.15) is 54.3 Å². The van der Waals surface area contributed by atoms with E-state index in [1.54, 1.807) is 0 Å². The monoisotopic (exact) mass is 522 g/mol. The molecule has 7 rings (SSSR count). The van der Waals surface area contributed by atoms with Crippen molar-refractivity contribution in [1.29, 1.82) is 0 Å². The maximum Gasteiger partial charge on any atom is 0.180 e. The number of nitrogens with one attached hydrogen (secondary N) is 1. The van der Waals surface area contributed by atoms with Crippen molar-refractivity contribution in [3.05, 3.63) is 118 Å². The van der Waals surface area contributed by atoms with Crippen LogP contribution in [0.25, 0.3) is 16.5 Å². The smallest absolute Gasteiger partial charge is 0.180 e. The quantitative estimate of drug-likeness (QED) is 0.289. The zero-order chi connectivity index (χ0) is 23.4. The molecule has 1 N–H and O–H groups in total. The minimum atomic E-state index is -0.355. The number of hydrogen-bond acceptors (Lipinski definition) is 3. The van der Waals surface area contributed by atoms with Gasteiger partial charge in [-0.05, 0) is 71.0 Å². The largest absolute Gasteiger partial charge is 0.471 e. The van der Waals surface area contributed by atoms with Crippen molar-refractivity contribution in [1.82, 2.24) is 10.4 Å². The summed E-state index contributed by atoms with van der Waals surface area (Å²) in [6.07, 6.45) is 6.59. The van der Waals surface area contributed by atoms with E-state index in [1.165, 1.54) is 27.5 Å². The Morgan fingerprint density at radius 3 is 2.43 bits per heavy atom. The molecule has 4 aromatic carbocycles. The minimum Gasteiger partial charge on any atom is -0.471 e. The van der Waals surface area contributed by atoms with Gasteiger partial charge in [-0.25, -0.2) is 0 Å². The van der Waals surface area contributed by atoms with Crippen LogP contribution in [0.3, 0.4) is 0 Å². The number of ether oxygens (including phenoxy) is 1. The van der Waals surface area contributed by atoms with Gasteiger partial charge >= 0.3 is 0 Å². The molecule has 4 heteroatoms. The van der Waals surface area contributed by atoms with Gasteiger partial charge in [0, 0.05) is 22.9 Å². The summed E-state index contributed by atoms with van der Waals surface area (Å²) in [5, 5.41) is 4.92. The number of hydrazine groups is 1. The Morgan fingerprint density at radius 2 is 1.60 bits per heavy atom. The van der Waals surface area contributed by atoms with E-state index >= 15 is 0 Å². The molecule has 1 fully saturated rings. The van der Waals surface area contributed by atoms with Gasteiger partial charge in [0.1, 0.15) is 5.75 Å². The maximum atomic E-state index is 6.88. The van der Waals surface area contributed by atoms with Gasteiger partial charge in [-0.2, -0.15) is 5.01 Å². The maximum absolute atomic E-state index is 6.88. The summed E-state index contributed by atoms with van der Waals surface area (Å²) in [6, 6.07) is 32.8. The highest BCUT2D eigenvalue weighted by molar-refractivity contribution is 9.10. The van der Waals surface area contributed by atoms with Gasteiger partial charge in [-0.3, -0.25) is 0 Å². The normalized spacial score (nSPS) is 25.5. The standard InChI is InChI=1S/C31H27BrN2O/c32-26-12-13-30-27(19-26)29-20-28(25-11-10-22-8-4-5-9-24(22)18-25)33-34(29)31(35-30)16-14-23(15-17-31)21-6-2-1-3-7-21/h1-13,18-20,23,29,33H,14-17H2/t23?,29-,31?/m1/s1. The molecular formula is C31H27BrN2O. The molecule has 0 radical (unpaired) electrons. The molecule has 3 nitrogen and oxygen atoms in total. The second-order valence-corrected chi connectivity index (χ2v) is 10.9. The summed E-state index contributed by atoms with van der Waals surface area (Å²) >= 11 is 3.68. The van der Waals surface area contributed by atoms with Gasteiger partial charge in [0.25, 0.3) is 0 Å². The lowest BCUT2D eigenvalue weighted by Gasteiger charge is -2.51. The Bertz CT molecular complexity index is 1440. The summed E-state index contributed by atoms with van der Waals surface area (Å²) < 4.78 is 7.96. The van der Waals surface area contributed by atoms with Gasteiger partial charge in [0.05, 0.1) is 11.7 Å². The number of hydrogen-bond donors (Lipinski definition) is 1. The predicted octanol–water partition coefficient (Wildman–Crippen LogP) is 7.95. The first kappa shape index (κ1) is 21.2. The molecule has 0 saturated heterocycles.